The smallest absolute Gasteiger partial charge is 0.259 e. The molecule has 6 heteroatoms. The van der Waals surface area contributed by atoms with Crippen molar-refractivity contribution in [3.8, 4) is 5.75 Å². The van der Waals surface area contributed by atoms with Gasteiger partial charge in [-0.2, -0.15) is 0 Å². The van der Waals surface area contributed by atoms with Crippen LogP contribution in [0, 0.1) is 5.82 Å². The van der Waals surface area contributed by atoms with Gasteiger partial charge in [-0.15, -0.1) is 0 Å². The standard InChI is InChI=1S/C21H23FN2O3/c22-20-16-9-10-23-12-14(16)7-8-18(20)24-21(25)17-5-1-2-6-19(17)27-13-15-4-3-11-26-15/h1-2,5-8,15,23H,3-4,9-13H2,(H,24,25). The van der Waals surface area contributed by atoms with Crippen LogP contribution in [0.4, 0.5) is 10.1 Å². The number of ether oxygens (including phenoxy) is 2. The third-order valence-corrected chi connectivity index (χ3v) is 5.04. The van der Waals surface area contributed by atoms with Crippen LogP contribution in [-0.2, 0) is 17.7 Å². The van der Waals surface area contributed by atoms with Crippen LogP contribution in [0.1, 0.15) is 34.3 Å². The van der Waals surface area contributed by atoms with Crippen molar-refractivity contribution in [2.75, 3.05) is 25.1 Å². The molecule has 4 rings (SSSR count). The molecule has 0 bridgehead atoms. The summed E-state index contributed by atoms with van der Waals surface area (Å²) in [6, 6.07) is 10.5. The molecule has 2 heterocycles. The van der Waals surface area contributed by atoms with E-state index in [0.717, 1.165) is 31.6 Å². The van der Waals surface area contributed by atoms with Gasteiger partial charge in [-0.05, 0) is 55.1 Å². The maximum absolute atomic E-state index is 14.8. The first-order valence-corrected chi connectivity index (χ1v) is 9.38. The zero-order chi connectivity index (χ0) is 18.6. The molecule has 1 fully saturated rings. The van der Waals surface area contributed by atoms with Crippen molar-refractivity contribution >= 4 is 11.6 Å². The molecule has 5 nitrogen and oxygen atoms in total. The fourth-order valence-electron chi connectivity index (χ4n) is 3.56. The Morgan fingerprint density at radius 2 is 2.19 bits per heavy atom. The summed E-state index contributed by atoms with van der Waals surface area (Å²) >= 11 is 0. The molecule has 27 heavy (non-hydrogen) atoms. The molecule has 2 aliphatic heterocycles. The molecule has 1 unspecified atom stereocenters. The first-order valence-electron chi connectivity index (χ1n) is 9.38. The molecule has 2 N–H and O–H groups in total. The van der Waals surface area contributed by atoms with Crippen LogP contribution in [0.25, 0.3) is 0 Å². The highest BCUT2D eigenvalue weighted by atomic mass is 19.1. The lowest BCUT2D eigenvalue weighted by molar-refractivity contribution is 0.0673. The van der Waals surface area contributed by atoms with Crippen molar-refractivity contribution in [1.29, 1.82) is 0 Å². The molecule has 0 radical (unpaired) electrons. The Kier molecular flexibility index (Phi) is 5.36. The van der Waals surface area contributed by atoms with E-state index in [1.54, 1.807) is 24.3 Å². The van der Waals surface area contributed by atoms with E-state index in [9.17, 15) is 9.18 Å². The summed E-state index contributed by atoms with van der Waals surface area (Å²) < 4.78 is 26.2. The summed E-state index contributed by atoms with van der Waals surface area (Å²) in [6.45, 7) is 2.55. The number of para-hydroxylation sites is 1. The average Bonchev–Trinajstić information content (AvgIpc) is 3.22. The highest BCUT2D eigenvalue weighted by Crippen LogP contribution is 2.26. The minimum atomic E-state index is -0.384. The highest BCUT2D eigenvalue weighted by Gasteiger charge is 2.21. The molecule has 0 spiro atoms. The molecule has 2 aromatic carbocycles. The monoisotopic (exact) mass is 370 g/mol. The Labute approximate surface area is 157 Å². The fourth-order valence-corrected chi connectivity index (χ4v) is 3.56. The van der Waals surface area contributed by atoms with Crippen molar-refractivity contribution in [2.45, 2.75) is 31.9 Å². The highest BCUT2D eigenvalue weighted by molar-refractivity contribution is 6.06. The first kappa shape index (κ1) is 17.9. The maximum Gasteiger partial charge on any atom is 0.259 e. The van der Waals surface area contributed by atoms with Crippen LogP contribution in [-0.4, -0.2) is 31.8 Å². The summed E-state index contributed by atoms with van der Waals surface area (Å²) in [7, 11) is 0. The number of fused-ring (bicyclic) bond motifs is 1. The lowest BCUT2D eigenvalue weighted by Gasteiger charge is -2.20. The number of carbonyl (C=O) groups excluding carboxylic acids is 1. The molecule has 1 saturated heterocycles. The number of nitrogens with one attached hydrogen (secondary N) is 2. The van der Waals surface area contributed by atoms with Crippen LogP contribution in [0.3, 0.4) is 0 Å². The Hall–Kier alpha value is -2.44. The minimum absolute atomic E-state index is 0.0628. The Morgan fingerprint density at radius 3 is 3.04 bits per heavy atom. The number of amides is 1. The zero-order valence-corrected chi connectivity index (χ0v) is 15.1. The number of rotatable bonds is 5. The van der Waals surface area contributed by atoms with E-state index in [2.05, 4.69) is 10.6 Å². The summed E-state index contributed by atoms with van der Waals surface area (Å²) in [5.74, 6) is -0.251. The third-order valence-electron chi connectivity index (χ3n) is 5.04. The molecule has 1 amide bonds. The van der Waals surface area contributed by atoms with E-state index in [1.165, 1.54) is 0 Å². The largest absolute Gasteiger partial charge is 0.490 e. The van der Waals surface area contributed by atoms with Gasteiger partial charge in [0, 0.05) is 13.2 Å². The Balaban J connectivity index is 1.50. The van der Waals surface area contributed by atoms with E-state index < -0.39 is 0 Å². The van der Waals surface area contributed by atoms with Gasteiger partial charge in [0.15, 0.2) is 0 Å². The van der Waals surface area contributed by atoms with Crippen molar-refractivity contribution in [3.05, 3.63) is 58.9 Å². The molecule has 1 atom stereocenters. The number of halogens is 1. The molecule has 0 aliphatic carbocycles. The minimum Gasteiger partial charge on any atom is -0.490 e. The van der Waals surface area contributed by atoms with Crippen LogP contribution in [0.5, 0.6) is 5.75 Å². The predicted octanol–water partition coefficient (Wildman–Crippen LogP) is 3.28. The van der Waals surface area contributed by atoms with Crippen molar-refractivity contribution in [2.24, 2.45) is 0 Å². The van der Waals surface area contributed by atoms with Gasteiger partial charge in [0.1, 0.15) is 18.2 Å². The maximum atomic E-state index is 14.8. The topological polar surface area (TPSA) is 59.6 Å². The molecule has 2 aromatic rings. The summed E-state index contributed by atoms with van der Waals surface area (Å²) in [5.41, 5.74) is 2.20. The molecule has 2 aliphatic rings. The fraction of sp³-hybridized carbons (Fsp3) is 0.381. The van der Waals surface area contributed by atoms with Gasteiger partial charge in [0.25, 0.3) is 5.91 Å². The van der Waals surface area contributed by atoms with Crippen LogP contribution in [0.15, 0.2) is 36.4 Å². The zero-order valence-electron chi connectivity index (χ0n) is 15.1. The van der Waals surface area contributed by atoms with Crippen LogP contribution in [0.2, 0.25) is 0 Å². The second-order valence-electron chi connectivity index (χ2n) is 6.89. The SMILES string of the molecule is O=C(Nc1ccc2c(c1F)CCNC2)c1ccccc1OCC1CCCO1. The van der Waals surface area contributed by atoms with Crippen LogP contribution < -0.4 is 15.4 Å². The quantitative estimate of drug-likeness (QED) is 0.848. The first-order chi connectivity index (χ1) is 13.2. The second-order valence-corrected chi connectivity index (χ2v) is 6.89. The number of benzene rings is 2. The molecular weight excluding hydrogens is 347 g/mol. The normalized spacial score (nSPS) is 18.8. The predicted molar refractivity (Wildman–Crippen MR) is 101 cm³/mol. The van der Waals surface area contributed by atoms with Crippen molar-refractivity contribution in [3.63, 3.8) is 0 Å². The summed E-state index contributed by atoms with van der Waals surface area (Å²) in [6.07, 6.45) is 2.67. The van der Waals surface area contributed by atoms with Gasteiger partial charge >= 0.3 is 0 Å². The number of hydrogen-bond donors (Lipinski definition) is 2. The van der Waals surface area contributed by atoms with Gasteiger partial charge in [-0.25, -0.2) is 4.39 Å². The van der Waals surface area contributed by atoms with Gasteiger partial charge in [0.05, 0.1) is 17.4 Å². The van der Waals surface area contributed by atoms with E-state index in [1.807, 2.05) is 12.1 Å². The summed E-state index contributed by atoms with van der Waals surface area (Å²) in [4.78, 5) is 12.7. The second kappa shape index (κ2) is 8.06. The lowest BCUT2D eigenvalue weighted by atomic mass is 9.99. The van der Waals surface area contributed by atoms with Crippen LogP contribution >= 0.6 is 0 Å². The number of anilines is 1. The lowest BCUT2D eigenvalue weighted by Crippen LogP contribution is -2.25. The van der Waals surface area contributed by atoms with Gasteiger partial charge in [0.2, 0.25) is 0 Å². The summed E-state index contributed by atoms with van der Waals surface area (Å²) in [5, 5.41) is 5.92. The van der Waals surface area contributed by atoms with Gasteiger partial charge in [-0.1, -0.05) is 18.2 Å². The molecule has 0 aromatic heterocycles. The molecular formula is C21H23FN2O3. The third kappa shape index (κ3) is 3.96. The Morgan fingerprint density at radius 1 is 1.30 bits per heavy atom. The van der Waals surface area contributed by atoms with Crippen molar-refractivity contribution < 1.29 is 18.7 Å². The van der Waals surface area contributed by atoms with E-state index in [0.29, 0.717) is 36.4 Å². The van der Waals surface area contributed by atoms with Crippen molar-refractivity contribution in [1.82, 2.24) is 5.32 Å². The number of hydrogen-bond acceptors (Lipinski definition) is 4. The van der Waals surface area contributed by atoms with E-state index in [4.69, 9.17) is 9.47 Å². The molecule has 142 valence electrons. The van der Waals surface area contributed by atoms with E-state index >= 15 is 0 Å². The van der Waals surface area contributed by atoms with Gasteiger partial charge in [-0.3, -0.25) is 4.79 Å². The molecule has 0 saturated carbocycles. The Bertz CT molecular complexity index is 834. The number of carbonyl (C=O) groups is 1. The average molecular weight is 370 g/mol. The van der Waals surface area contributed by atoms with E-state index in [-0.39, 0.29) is 23.5 Å². The van der Waals surface area contributed by atoms with Gasteiger partial charge < -0.3 is 20.1 Å².